The van der Waals surface area contributed by atoms with E-state index in [0.29, 0.717) is 25.0 Å². The highest BCUT2D eigenvalue weighted by molar-refractivity contribution is 7.99. The third kappa shape index (κ3) is 3.96. The van der Waals surface area contributed by atoms with Gasteiger partial charge in [-0.15, -0.1) is 10.2 Å². The lowest BCUT2D eigenvalue weighted by atomic mass is 10.3. The molecule has 1 aromatic carbocycles. The van der Waals surface area contributed by atoms with E-state index in [0.717, 1.165) is 42.7 Å². The van der Waals surface area contributed by atoms with Crippen molar-refractivity contribution in [2.24, 2.45) is 0 Å². The molecule has 1 aliphatic carbocycles. The molecule has 1 aliphatic heterocycles. The topological polar surface area (TPSA) is 72.3 Å². The molecule has 2 aromatic rings. The van der Waals surface area contributed by atoms with Crippen molar-refractivity contribution >= 4 is 23.6 Å². The molecule has 132 valence electrons. The Morgan fingerprint density at radius 1 is 1.20 bits per heavy atom. The van der Waals surface area contributed by atoms with Gasteiger partial charge in [0.2, 0.25) is 11.9 Å². The van der Waals surface area contributed by atoms with Crippen molar-refractivity contribution in [3.05, 3.63) is 30.3 Å². The summed E-state index contributed by atoms with van der Waals surface area (Å²) in [6, 6.07) is 10.4. The van der Waals surface area contributed by atoms with Crippen LogP contribution in [0.5, 0.6) is 0 Å². The summed E-state index contributed by atoms with van der Waals surface area (Å²) in [5, 5.41) is 12.5. The van der Waals surface area contributed by atoms with E-state index in [2.05, 4.69) is 20.4 Å². The minimum atomic E-state index is 0.0584. The van der Waals surface area contributed by atoms with Crippen LogP contribution in [0.15, 0.2) is 35.5 Å². The third-order valence-electron chi connectivity index (χ3n) is 4.20. The molecule has 2 heterocycles. The van der Waals surface area contributed by atoms with E-state index in [1.165, 1.54) is 11.8 Å². The maximum absolute atomic E-state index is 12.0. The van der Waals surface area contributed by atoms with Crippen molar-refractivity contribution in [3.63, 3.8) is 0 Å². The summed E-state index contributed by atoms with van der Waals surface area (Å²) in [5.41, 5.74) is 0.999. The zero-order valence-corrected chi connectivity index (χ0v) is 14.7. The molecule has 4 rings (SSSR count). The van der Waals surface area contributed by atoms with Crippen molar-refractivity contribution in [3.8, 4) is 5.69 Å². The summed E-state index contributed by atoms with van der Waals surface area (Å²) in [5.74, 6) is 1.22. The molecule has 0 bridgehead atoms. The summed E-state index contributed by atoms with van der Waals surface area (Å²) in [6.45, 7) is 2.96. The van der Waals surface area contributed by atoms with E-state index in [9.17, 15) is 4.79 Å². The van der Waals surface area contributed by atoms with Crippen LogP contribution < -0.4 is 10.2 Å². The fourth-order valence-corrected chi connectivity index (χ4v) is 3.51. The molecule has 2 aliphatic rings. The second-order valence-corrected chi connectivity index (χ2v) is 7.13. The second kappa shape index (κ2) is 7.45. The zero-order chi connectivity index (χ0) is 17.1. The number of anilines is 1. The number of morpholine rings is 1. The van der Waals surface area contributed by atoms with Crippen LogP contribution >= 0.6 is 11.8 Å². The number of amides is 1. The van der Waals surface area contributed by atoms with Gasteiger partial charge in [0.1, 0.15) is 0 Å². The van der Waals surface area contributed by atoms with E-state index >= 15 is 0 Å². The Morgan fingerprint density at radius 3 is 2.68 bits per heavy atom. The number of thioether (sulfide) groups is 1. The lowest BCUT2D eigenvalue weighted by molar-refractivity contribution is -0.118. The monoisotopic (exact) mass is 359 g/mol. The van der Waals surface area contributed by atoms with Crippen molar-refractivity contribution in [2.75, 3.05) is 37.0 Å². The van der Waals surface area contributed by atoms with Crippen molar-refractivity contribution < 1.29 is 9.53 Å². The predicted molar refractivity (Wildman–Crippen MR) is 96.3 cm³/mol. The molecule has 2 fully saturated rings. The van der Waals surface area contributed by atoms with Crippen LogP contribution in [0.1, 0.15) is 12.8 Å². The van der Waals surface area contributed by atoms with Gasteiger partial charge >= 0.3 is 0 Å². The van der Waals surface area contributed by atoms with Crippen LogP contribution in [0.2, 0.25) is 0 Å². The number of nitrogens with zero attached hydrogens (tertiary/aromatic N) is 4. The minimum Gasteiger partial charge on any atom is -0.378 e. The molecule has 1 amide bonds. The van der Waals surface area contributed by atoms with Gasteiger partial charge in [-0.2, -0.15) is 0 Å². The number of nitrogens with one attached hydrogen (secondary N) is 1. The van der Waals surface area contributed by atoms with Gasteiger partial charge in [-0.05, 0) is 25.0 Å². The SMILES string of the molecule is O=C(CSc1nnc(N2CCOCC2)n1-c1ccccc1)NC1CC1. The van der Waals surface area contributed by atoms with Gasteiger partial charge in [0.05, 0.1) is 24.7 Å². The molecule has 0 spiro atoms. The third-order valence-corrected chi connectivity index (χ3v) is 5.13. The quantitative estimate of drug-likeness (QED) is 0.788. The molecular formula is C17H21N5O2S. The van der Waals surface area contributed by atoms with E-state index in [-0.39, 0.29) is 5.91 Å². The Hall–Kier alpha value is -2.06. The second-order valence-electron chi connectivity index (χ2n) is 6.18. The largest absolute Gasteiger partial charge is 0.378 e. The predicted octanol–water partition coefficient (Wildman–Crippen LogP) is 1.47. The molecule has 25 heavy (non-hydrogen) atoms. The maximum atomic E-state index is 12.0. The van der Waals surface area contributed by atoms with Gasteiger partial charge in [0, 0.05) is 19.1 Å². The lowest BCUT2D eigenvalue weighted by Gasteiger charge is -2.27. The Morgan fingerprint density at radius 2 is 1.96 bits per heavy atom. The number of para-hydroxylation sites is 1. The van der Waals surface area contributed by atoms with Crippen LogP contribution in [0.3, 0.4) is 0 Å². The Labute approximate surface area is 150 Å². The van der Waals surface area contributed by atoms with E-state index < -0.39 is 0 Å². The molecular weight excluding hydrogens is 338 g/mol. The minimum absolute atomic E-state index is 0.0584. The summed E-state index contributed by atoms with van der Waals surface area (Å²) < 4.78 is 7.47. The van der Waals surface area contributed by atoms with Crippen molar-refractivity contribution in [1.82, 2.24) is 20.1 Å². The van der Waals surface area contributed by atoms with Gasteiger partial charge in [0.25, 0.3) is 0 Å². The van der Waals surface area contributed by atoms with Gasteiger partial charge in [0.15, 0.2) is 5.16 Å². The number of ether oxygens (including phenoxy) is 1. The van der Waals surface area contributed by atoms with Crippen LogP contribution in [0.25, 0.3) is 5.69 Å². The zero-order valence-electron chi connectivity index (χ0n) is 13.9. The van der Waals surface area contributed by atoms with Gasteiger partial charge in [-0.25, -0.2) is 0 Å². The molecule has 1 saturated heterocycles. The van der Waals surface area contributed by atoms with Crippen molar-refractivity contribution in [1.29, 1.82) is 0 Å². The Balaban J connectivity index is 1.57. The molecule has 0 unspecified atom stereocenters. The smallest absolute Gasteiger partial charge is 0.232 e. The molecule has 7 nitrogen and oxygen atoms in total. The van der Waals surface area contributed by atoms with Crippen LogP contribution in [-0.2, 0) is 9.53 Å². The molecule has 1 aromatic heterocycles. The average molecular weight is 359 g/mol. The molecule has 0 radical (unpaired) electrons. The van der Waals surface area contributed by atoms with Gasteiger partial charge in [-0.3, -0.25) is 9.36 Å². The summed E-state index contributed by atoms with van der Waals surface area (Å²) in [7, 11) is 0. The van der Waals surface area contributed by atoms with Crippen LogP contribution in [0.4, 0.5) is 5.95 Å². The van der Waals surface area contributed by atoms with Crippen molar-refractivity contribution in [2.45, 2.75) is 24.0 Å². The summed E-state index contributed by atoms with van der Waals surface area (Å²) >= 11 is 1.42. The number of benzene rings is 1. The first kappa shape index (κ1) is 16.4. The van der Waals surface area contributed by atoms with E-state index in [1.54, 1.807) is 0 Å². The molecule has 1 N–H and O–H groups in total. The Kier molecular flexibility index (Phi) is 4.89. The number of carbonyl (C=O) groups excluding carboxylic acids is 1. The average Bonchev–Trinajstić information content (AvgIpc) is 3.37. The van der Waals surface area contributed by atoms with Crippen LogP contribution in [0, 0.1) is 0 Å². The highest BCUT2D eigenvalue weighted by Gasteiger charge is 2.25. The normalized spacial score (nSPS) is 17.5. The van der Waals surface area contributed by atoms with Crippen LogP contribution in [-0.4, -0.2) is 58.8 Å². The number of rotatable bonds is 6. The number of aromatic nitrogens is 3. The number of carbonyl (C=O) groups is 1. The van der Waals surface area contributed by atoms with Gasteiger partial charge < -0.3 is 15.0 Å². The number of hydrogen-bond donors (Lipinski definition) is 1. The van der Waals surface area contributed by atoms with E-state index in [4.69, 9.17) is 4.74 Å². The fourth-order valence-electron chi connectivity index (χ4n) is 2.75. The Bertz CT molecular complexity index is 726. The number of hydrogen-bond acceptors (Lipinski definition) is 6. The summed E-state index contributed by atoms with van der Waals surface area (Å²) in [6.07, 6.45) is 2.19. The first-order valence-electron chi connectivity index (χ1n) is 8.57. The fraction of sp³-hybridized carbons (Fsp3) is 0.471. The first-order valence-corrected chi connectivity index (χ1v) is 9.55. The van der Waals surface area contributed by atoms with E-state index in [1.807, 2.05) is 34.9 Å². The lowest BCUT2D eigenvalue weighted by Crippen LogP contribution is -2.37. The van der Waals surface area contributed by atoms with Gasteiger partial charge in [-0.1, -0.05) is 30.0 Å². The first-order chi connectivity index (χ1) is 12.3. The molecule has 1 saturated carbocycles. The highest BCUT2D eigenvalue weighted by atomic mass is 32.2. The summed E-state index contributed by atoms with van der Waals surface area (Å²) in [4.78, 5) is 14.2. The molecule has 0 atom stereocenters. The molecule has 8 heteroatoms. The highest BCUT2D eigenvalue weighted by Crippen LogP contribution is 2.27. The maximum Gasteiger partial charge on any atom is 0.232 e. The standard InChI is InChI=1S/C17H21N5O2S/c23-15(18-13-6-7-13)12-25-17-20-19-16(21-8-10-24-11-9-21)22(17)14-4-2-1-3-5-14/h1-5,13H,6-12H2,(H,18,23).